The highest BCUT2D eigenvalue weighted by Gasteiger charge is 2.40. The van der Waals surface area contributed by atoms with Crippen molar-refractivity contribution in [1.82, 2.24) is 10.2 Å². The number of fused-ring (bicyclic) bond motifs is 1. The number of carbonyl (C=O) groups excluding carboxylic acids is 3. The number of thiol groups is 1. The Hall–Kier alpha value is -2.32. The molecule has 1 unspecified atom stereocenters. The van der Waals surface area contributed by atoms with Crippen LogP contribution in [0, 0.1) is 0 Å². The molecule has 2 aromatic rings. The van der Waals surface area contributed by atoms with Crippen molar-refractivity contribution in [2.75, 3.05) is 6.26 Å². The summed E-state index contributed by atoms with van der Waals surface area (Å²) in [5.41, 5.74) is 2.83. The summed E-state index contributed by atoms with van der Waals surface area (Å²) in [6.07, 6.45) is 2.33. The fourth-order valence-electron chi connectivity index (χ4n) is 3.62. The number of hydrogen-bond donors (Lipinski definition) is 2. The lowest BCUT2D eigenvalue weighted by Crippen LogP contribution is -2.52. The van der Waals surface area contributed by atoms with Crippen LogP contribution in [0.25, 0.3) is 0 Å². The highest BCUT2D eigenvalue weighted by atomic mass is 32.1. The summed E-state index contributed by atoms with van der Waals surface area (Å²) in [5, 5.41) is 4.16. The number of benzene rings is 1. The molecule has 8 heteroatoms. The van der Waals surface area contributed by atoms with Gasteiger partial charge in [-0.15, -0.1) is 11.3 Å². The molecule has 3 amide bonds. The minimum Gasteiger partial charge on any atom is -0.488 e. The Morgan fingerprint density at radius 3 is 2.53 bits per heavy atom. The first-order valence-electron chi connectivity index (χ1n) is 9.85. The SMILES string of the molecule is CC(C)c1ccc(OCc2scc3c2CN(C2CCC(=O)NC2=O)C3=O)cc1.CS. The average molecular weight is 447 g/mol. The van der Waals surface area contributed by atoms with Crippen molar-refractivity contribution in [3.05, 3.63) is 51.2 Å². The van der Waals surface area contributed by atoms with E-state index in [0.29, 0.717) is 31.1 Å². The van der Waals surface area contributed by atoms with E-state index in [4.69, 9.17) is 4.74 Å². The fraction of sp³-hybridized carbons (Fsp3) is 0.409. The van der Waals surface area contributed by atoms with Crippen molar-refractivity contribution in [1.29, 1.82) is 0 Å². The van der Waals surface area contributed by atoms with Crippen molar-refractivity contribution < 1.29 is 19.1 Å². The van der Waals surface area contributed by atoms with Gasteiger partial charge in [-0.05, 0) is 36.3 Å². The van der Waals surface area contributed by atoms with Crippen LogP contribution in [0.5, 0.6) is 5.75 Å². The predicted molar refractivity (Wildman–Crippen MR) is 120 cm³/mol. The van der Waals surface area contributed by atoms with Crippen molar-refractivity contribution >= 4 is 41.7 Å². The smallest absolute Gasteiger partial charge is 0.256 e. The third kappa shape index (κ3) is 4.54. The Labute approximate surface area is 186 Å². The molecule has 160 valence electrons. The molecule has 2 aliphatic heterocycles. The van der Waals surface area contributed by atoms with Gasteiger partial charge in [0, 0.05) is 28.8 Å². The van der Waals surface area contributed by atoms with Crippen molar-refractivity contribution in [3.63, 3.8) is 0 Å². The molecule has 1 saturated heterocycles. The number of rotatable bonds is 5. The molecule has 0 spiro atoms. The molecule has 4 rings (SSSR count). The zero-order valence-electron chi connectivity index (χ0n) is 17.3. The van der Waals surface area contributed by atoms with Crippen molar-refractivity contribution in [3.8, 4) is 5.75 Å². The summed E-state index contributed by atoms with van der Waals surface area (Å²) in [4.78, 5) is 38.8. The maximum absolute atomic E-state index is 12.7. The van der Waals surface area contributed by atoms with E-state index in [1.807, 2.05) is 17.5 Å². The Morgan fingerprint density at radius 2 is 1.90 bits per heavy atom. The number of amides is 3. The van der Waals surface area contributed by atoms with Gasteiger partial charge in [-0.2, -0.15) is 12.6 Å². The number of hydrogen-bond acceptors (Lipinski definition) is 6. The van der Waals surface area contributed by atoms with Gasteiger partial charge < -0.3 is 9.64 Å². The normalized spacial score (nSPS) is 18.1. The van der Waals surface area contributed by atoms with E-state index in [1.54, 1.807) is 11.2 Å². The minimum atomic E-state index is -0.583. The van der Waals surface area contributed by atoms with E-state index in [0.717, 1.165) is 16.2 Å². The number of ether oxygens (including phenoxy) is 1. The molecule has 0 aliphatic carbocycles. The number of imide groups is 1. The monoisotopic (exact) mass is 446 g/mol. The van der Waals surface area contributed by atoms with Crippen LogP contribution in [0.1, 0.15) is 59.0 Å². The van der Waals surface area contributed by atoms with Crippen LogP contribution in [0.2, 0.25) is 0 Å². The molecule has 6 nitrogen and oxygen atoms in total. The number of thiophene rings is 1. The molecule has 2 aliphatic rings. The lowest BCUT2D eigenvalue weighted by atomic mass is 10.0. The lowest BCUT2D eigenvalue weighted by Gasteiger charge is -2.29. The third-order valence-electron chi connectivity index (χ3n) is 5.30. The number of carbonyl (C=O) groups is 3. The zero-order chi connectivity index (χ0) is 21.8. The van der Waals surface area contributed by atoms with E-state index in [1.165, 1.54) is 16.9 Å². The molecule has 1 atom stereocenters. The van der Waals surface area contributed by atoms with Crippen LogP contribution >= 0.6 is 24.0 Å². The maximum atomic E-state index is 12.7. The van der Waals surface area contributed by atoms with E-state index in [-0.39, 0.29) is 24.1 Å². The Morgan fingerprint density at radius 1 is 1.20 bits per heavy atom. The van der Waals surface area contributed by atoms with Crippen LogP contribution < -0.4 is 10.1 Å². The molecule has 3 heterocycles. The van der Waals surface area contributed by atoms with Crippen LogP contribution in [0.15, 0.2) is 29.6 Å². The largest absolute Gasteiger partial charge is 0.488 e. The van der Waals surface area contributed by atoms with Crippen LogP contribution in [-0.2, 0) is 22.7 Å². The van der Waals surface area contributed by atoms with Crippen molar-refractivity contribution in [2.24, 2.45) is 0 Å². The molecule has 30 heavy (non-hydrogen) atoms. The zero-order valence-corrected chi connectivity index (χ0v) is 19.0. The predicted octanol–water partition coefficient (Wildman–Crippen LogP) is 3.76. The van der Waals surface area contributed by atoms with Crippen LogP contribution in [0.3, 0.4) is 0 Å². The topological polar surface area (TPSA) is 75.7 Å². The molecule has 0 radical (unpaired) electrons. The first-order chi connectivity index (χ1) is 14.4. The first kappa shape index (κ1) is 22.4. The second-order valence-corrected chi connectivity index (χ2v) is 8.43. The second-order valence-electron chi connectivity index (χ2n) is 7.46. The quantitative estimate of drug-likeness (QED) is 0.542. The molecule has 1 N–H and O–H groups in total. The van der Waals surface area contributed by atoms with Gasteiger partial charge in [-0.1, -0.05) is 26.0 Å². The minimum absolute atomic E-state index is 0.145. The van der Waals surface area contributed by atoms with Gasteiger partial charge in [0.25, 0.3) is 5.91 Å². The average Bonchev–Trinajstić information content (AvgIpc) is 3.28. The summed E-state index contributed by atoms with van der Waals surface area (Å²) in [6.45, 7) is 5.07. The number of piperidine rings is 1. The molecule has 0 saturated carbocycles. The van der Waals surface area contributed by atoms with Crippen LogP contribution in [0.4, 0.5) is 0 Å². The molecule has 0 bridgehead atoms. The number of nitrogens with one attached hydrogen (secondary N) is 1. The third-order valence-corrected chi connectivity index (χ3v) is 6.31. The summed E-state index contributed by atoms with van der Waals surface area (Å²) >= 11 is 5.03. The Kier molecular flexibility index (Phi) is 7.20. The number of nitrogens with zero attached hydrogens (tertiary/aromatic N) is 1. The van der Waals surface area contributed by atoms with E-state index < -0.39 is 6.04 Å². The highest BCUT2D eigenvalue weighted by molar-refractivity contribution is 7.79. The first-order valence-corrected chi connectivity index (χ1v) is 11.6. The highest BCUT2D eigenvalue weighted by Crippen LogP contribution is 2.34. The van der Waals surface area contributed by atoms with Gasteiger partial charge >= 0.3 is 0 Å². The summed E-state index contributed by atoms with van der Waals surface area (Å²) in [5.74, 6) is 0.450. The molecule has 1 fully saturated rings. The van der Waals surface area contributed by atoms with E-state index >= 15 is 0 Å². The van der Waals surface area contributed by atoms with Gasteiger partial charge in [0.1, 0.15) is 18.4 Å². The molecular weight excluding hydrogens is 420 g/mol. The molecular formula is C22H26N2O4S2. The summed E-state index contributed by atoms with van der Waals surface area (Å²) in [6, 6.07) is 7.47. The van der Waals surface area contributed by atoms with Gasteiger partial charge in [-0.25, -0.2) is 0 Å². The maximum Gasteiger partial charge on any atom is 0.256 e. The standard InChI is InChI=1S/C21H22N2O4S.CH4S/c1-12(2)13-3-5-14(6-4-13)27-10-18-15-9-23(21(26)16(15)11-28-18)17-7-8-19(24)22-20(17)25;1-2/h3-6,11-12,17H,7-10H2,1-2H3,(H,22,24,25);2H,1H3. The van der Waals surface area contributed by atoms with Gasteiger partial charge in [0.15, 0.2) is 0 Å². The summed E-state index contributed by atoms with van der Waals surface area (Å²) < 4.78 is 5.92. The Balaban J connectivity index is 0.00000124. The van der Waals surface area contributed by atoms with Crippen LogP contribution in [-0.4, -0.2) is 34.9 Å². The van der Waals surface area contributed by atoms with E-state index in [2.05, 4.69) is 43.9 Å². The lowest BCUT2D eigenvalue weighted by molar-refractivity contribution is -0.136. The van der Waals surface area contributed by atoms with Gasteiger partial charge in [-0.3, -0.25) is 19.7 Å². The Bertz CT molecular complexity index is 937. The van der Waals surface area contributed by atoms with E-state index in [9.17, 15) is 14.4 Å². The summed E-state index contributed by atoms with van der Waals surface area (Å²) in [7, 11) is 0. The molecule has 1 aromatic heterocycles. The second kappa shape index (κ2) is 9.66. The van der Waals surface area contributed by atoms with Gasteiger partial charge in [0.05, 0.1) is 5.56 Å². The molecule has 1 aromatic carbocycles. The van der Waals surface area contributed by atoms with Crippen molar-refractivity contribution in [2.45, 2.75) is 51.8 Å². The van der Waals surface area contributed by atoms with Gasteiger partial charge in [0.2, 0.25) is 11.8 Å². The fourth-order valence-corrected chi connectivity index (χ4v) is 4.57.